The maximum Gasteiger partial charge on any atom is 0.241 e. The highest BCUT2D eigenvalue weighted by molar-refractivity contribution is 5.75. The first-order chi connectivity index (χ1) is 11.2. The molecule has 1 N–H and O–H groups in total. The van der Waals surface area contributed by atoms with Gasteiger partial charge in [0.25, 0.3) is 0 Å². The Morgan fingerprint density at radius 3 is 3.13 bits per heavy atom. The van der Waals surface area contributed by atoms with Gasteiger partial charge in [-0.1, -0.05) is 0 Å². The second-order valence-corrected chi connectivity index (χ2v) is 5.61. The molecule has 1 amide bonds. The SMILES string of the molecule is CCOc1cc2c(cc1CNC(=O)Cn1cccn1)OC(C)C2. The lowest BCUT2D eigenvalue weighted by atomic mass is 10.1. The molecule has 1 atom stereocenters. The first-order valence-electron chi connectivity index (χ1n) is 7.85. The molecule has 122 valence electrons. The Hall–Kier alpha value is -2.50. The number of ether oxygens (including phenoxy) is 2. The van der Waals surface area contributed by atoms with Crippen LogP contribution in [-0.2, 0) is 24.3 Å². The first-order valence-corrected chi connectivity index (χ1v) is 7.85. The van der Waals surface area contributed by atoms with Crippen LogP contribution in [0.15, 0.2) is 30.6 Å². The molecule has 0 bridgehead atoms. The van der Waals surface area contributed by atoms with Crippen LogP contribution in [-0.4, -0.2) is 28.4 Å². The Morgan fingerprint density at radius 1 is 1.52 bits per heavy atom. The lowest BCUT2D eigenvalue weighted by molar-refractivity contribution is -0.122. The molecule has 3 rings (SSSR count). The van der Waals surface area contributed by atoms with E-state index in [2.05, 4.69) is 10.4 Å². The van der Waals surface area contributed by atoms with Crippen molar-refractivity contribution in [2.45, 2.75) is 39.5 Å². The van der Waals surface area contributed by atoms with E-state index in [1.165, 1.54) is 0 Å². The molecule has 1 aliphatic rings. The zero-order chi connectivity index (χ0) is 16.2. The Balaban J connectivity index is 1.69. The number of hydrogen-bond acceptors (Lipinski definition) is 4. The van der Waals surface area contributed by atoms with Crippen LogP contribution in [0.4, 0.5) is 0 Å². The lowest BCUT2D eigenvalue weighted by Crippen LogP contribution is -2.27. The molecule has 2 aromatic rings. The van der Waals surface area contributed by atoms with E-state index in [4.69, 9.17) is 9.47 Å². The fourth-order valence-corrected chi connectivity index (χ4v) is 2.70. The molecule has 23 heavy (non-hydrogen) atoms. The highest BCUT2D eigenvalue weighted by atomic mass is 16.5. The molecular weight excluding hydrogens is 294 g/mol. The van der Waals surface area contributed by atoms with Crippen molar-refractivity contribution in [2.75, 3.05) is 6.61 Å². The van der Waals surface area contributed by atoms with Gasteiger partial charge in [0.1, 0.15) is 24.1 Å². The van der Waals surface area contributed by atoms with Crippen molar-refractivity contribution in [1.82, 2.24) is 15.1 Å². The highest BCUT2D eigenvalue weighted by Crippen LogP contribution is 2.35. The third kappa shape index (κ3) is 3.64. The Labute approximate surface area is 135 Å². The molecule has 1 aromatic heterocycles. The number of carbonyl (C=O) groups is 1. The predicted octanol–water partition coefficient (Wildman–Crippen LogP) is 1.92. The van der Waals surface area contributed by atoms with Crippen molar-refractivity contribution in [3.8, 4) is 11.5 Å². The number of carbonyl (C=O) groups excluding carboxylic acids is 1. The molecule has 2 heterocycles. The number of nitrogens with zero attached hydrogens (tertiary/aromatic N) is 2. The number of rotatable bonds is 6. The van der Waals surface area contributed by atoms with Crippen molar-refractivity contribution in [1.29, 1.82) is 0 Å². The van der Waals surface area contributed by atoms with Gasteiger partial charge in [0, 0.05) is 36.5 Å². The summed E-state index contributed by atoms with van der Waals surface area (Å²) in [6, 6.07) is 5.79. The average molecular weight is 315 g/mol. The summed E-state index contributed by atoms with van der Waals surface area (Å²) in [6.45, 7) is 5.19. The van der Waals surface area contributed by atoms with Gasteiger partial charge in [-0.2, -0.15) is 5.10 Å². The summed E-state index contributed by atoms with van der Waals surface area (Å²) >= 11 is 0. The largest absolute Gasteiger partial charge is 0.494 e. The third-order valence-corrected chi connectivity index (χ3v) is 3.72. The lowest BCUT2D eigenvalue weighted by Gasteiger charge is -2.13. The normalized spacial score (nSPS) is 15.8. The molecule has 1 unspecified atom stereocenters. The fraction of sp³-hybridized carbons (Fsp3) is 0.412. The molecule has 0 fully saturated rings. The Bertz CT molecular complexity index is 683. The van der Waals surface area contributed by atoms with E-state index >= 15 is 0 Å². The molecule has 0 radical (unpaired) electrons. The Kier molecular flexibility index (Phi) is 4.50. The summed E-state index contributed by atoms with van der Waals surface area (Å²) in [4.78, 5) is 12.0. The van der Waals surface area contributed by atoms with Gasteiger partial charge in [-0.05, 0) is 32.0 Å². The van der Waals surface area contributed by atoms with Crippen LogP contribution in [0.2, 0.25) is 0 Å². The van der Waals surface area contributed by atoms with E-state index < -0.39 is 0 Å². The summed E-state index contributed by atoms with van der Waals surface area (Å²) in [6.07, 6.45) is 4.49. The maximum absolute atomic E-state index is 12.0. The number of fused-ring (bicyclic) bond motifs is 1. The smallest absolute Gasteiger partial charge is 0.241 e. The van der Waals surface area contributed by atoms with Gasteiger partial charge >= 0.3 is 0 Å². The van der Waals surface area contributed by atoms with Crippen LogP contribution < -0.4 is 14.8 Å². The van der Waals surface area contributed by atoms with Crippen molar-refractivity contribution < 1.29 is 14.3 Å². The van der Waals surface area contributed by atoms with Crippen LogP contribution in [0, 0.1) is 0 Å². The van der Waals surface area contributed by atoms with Crippen molar-refractivity contribution in [3.05, 3.63) is 41.7 Å². The van der Waals surface area contributed by atoms with Crippen LogP contribution in [0.3, 0.4) is 0 Å². The predicted molar refractivity (Wildman–Crippen MR) is 85.5 cm³/mol. The second kappa shape index (κ2) is 6.73. The minimum Gasteiger partial charge on any atom is -0.494 e. The summed E-state index contributed by atoms with van der Waals surface area (Å²) in [5.41, 5.74) is 2.08. The summed E-state index contributed by atoms with van der Waals surface area (Å²) in [5.74, 6) is 1.60. The summed E-state index contributed by atoms with van der Waals surface area (Å²) in [7, 11) is 0. The van der Waals surface area contributed by atoms with Crippen molar-refractivity contribution in [2.24, 2.45) is 0 Å². The monoisotopic (exact) mass is 315 g/mol. The Morgan fingerprint density at radius 2 is 2.39 bits per heavy atom. The van der Waals surface area contributed by atoms with E-state index in [0.717, 1.165) is 29.0 Å². The van der Waals surface area contributed by atoms with Crippen LogP contribution in [0.25, 0.3) is 0 Å². The fourth-order valence-electron chi connectivity index (χ4n) is 2.70. The number of benzene rings is 1. The van der Waals surface area contributed by atoms with Gasteiger partial charge < -0.3 is 14.8 Å². The van der Waals surface area contributed by atoms with Gasteiger partial charge in [0.05, 0.1) is 6.61 Å². The highest BCUT2D eigenvalue weighted by Gasteiger charge is 2.22. The molecule has 6 heteroatoms. The third-order valence-electron chi connectivity index (χ3n) is 3.72. The molecule has 0 aliphatic carbocycles. The average Bonchev–Trinajstić information content (AvgIpc) is 3.13. The number of aromatic nitrogens is 2. The molecule has 0 spiro atoms. The molecule has 6 nitrogen and oxygen atoms in total. The molecule has 0 saturated heterocycles. The van der Waals surface area contributed by atoms with E-state index in [1.807, 2.05) is 26.0 Å². The number of hydrogen-bond donors (Lipinski definition) is 1. The maximum atomic E-state index is 12.0. The van der Waals surface area contributed by atoms with Gasteiger partial charge in [-0.3, -0.25) is 9.48 Å². The number of amides is 1. The van der Waals surface area contributed by atoms with Gasteiger partial charge in [0.15, 0.2) is 0 Å². The zero-order valence-corrected chi connectivity index (χ0v) is 13.4. The second-order valence-electron chi connectivity index (χ2n) is 5.61. The molecule has 1 aliphatic heterocycles. The molecular formula is C17H21N3O3. The van der Waals surface area contributed by atoms with Crippen LogP contribution >= 0.6 is 0 Å². The first kappa shape index (κ1) is 15.4. The number of nitrogens with one attached hydrogen (secondary N) is 1. The standard InChI is InChI=1S/C17H21N3O3/c1-3-22-15-8-13-7-12(2)23-16(13)9-14(15)10-18-17(21)11-20-6-4-5-19-20/h4-6,8-9,12H,3,7,10-11H2,1-2H3,(H,18,21). The van der Waals surface area contributed by atoms with E-state index in [9.17, 15) is 4.79 Å². The minimum atomic E-state index is -0.0917. The van der Waals surface area contributed by atoms with Crippen LogP contribution in [0.1, 0.15) is 25.0 Å². The molecule has 0 saturated carbocycles. The van der Waals surface area contributed by atoms with Gasteiger partial charge in [0.2, 0.25) is 5.91 Å². The van der Waals surface area contributed by atoms with Gasteiger partial charge in [-0.15, -0.1) is 0 Å². The summed E-state index contributed by atoms with van der Waals surface area (Å²) in [5, 5.41) is 6.93. The van der Waals surface area contributed by atoms with Crippen molar-refractivity contribution >= 4 is 5.91 Å². The molecule has 1 aromatic carbocycles. The van der Waals surface area contributed by atoms with Gasteiger partial charge in [-0.25, -0.2) is 0 Å². The zero-order valence-electron chi connectivity index (χ0n) is 13.4. The quantitative estimate of drug-likeness (QED) is 0.884. The van der Waals surface area contributed by atoms with E-state index in [1.54, 1.807) is 23.1 Å². The minimum absolute atomic E-state index is 0.0917. The van der Waals surface area contributed by atoms with E-state index in [-0.39, 0.29) is 18.6 Å². The van der Waals surface area contributed by atoms with Crippen molar-refractivity contribution in [3.63, 3.8) is 0 Å². The van der Waals surface area contributed by atoms with Crippen LogP contribution in [0.5, 0.6) is 11.5 Å². The topological polar surface area (TPSA) is 65.4 Å². The summed E-state index contributed by atoms with van der Waals surface area (Å²) < 4.78 is 13.1. The van der Waals surface area contributed by atoms with E-state index in [0.29, 0.717) is 13.2 Å².